The first-order valence-corrected chi connectivity index (χ1v) is 11.2. The molecule has 0 bridgehead atoms. The second-order valence-electron chi connectivity index (χ2n) is 7.61. The van der Waals surface area contributed by atoms with Gasteiger partial charge in [0.2, 0.25) is 0 Å². The van der Waals surface area contributed by atoms with E-state index in [9.17, 15) is 0 Å². The molecule has 4 nitrogen and oxygen atoms in total. The Kier molecular flexibility index (Phi) is 9.05. The summed E-state index contributed by atoms with van der Waals surface area (Å²) in [6.45, 7) is 8.92. The second-order valence-corrected chi connectivity index (χ2v) is 8.69. The van der Waals surface area contributed by atoms with Gasteiger partial charge in [-0.25, -0.2) is 0 Å². The van der Waals surface area contributed by atoms with Gasteiger partial charge in [0.25, 0.3) is 0 Å². The van der Waals surface area contributed by atoms with Crippen LogP contribution in [0.4, 0.5) is 0 Å². The molecule has 0 aliphatic carbocycles. The van der Waals surface area contributed by atoms with Gasteiger partial charge in [-0.1, -0.05) is 53.8 Å². The van der Waals surface area contributed by atoms with E-state index >= 15 is 0 Å². The monoisotopic (exact) mass is 488 g/mol. The molecule has 1 fully saturated rings. The zero-order valence-corrected chi connectivity index (χ0v) is 19.3. The van der Waals surface area contributed by atoms with E-state index in [1.54, 1.807) is 7.11 Å². The van der Waals surface area contributed by atoms with Crippen LogP contribution in [0.1, 0.15) is 46.1 Å². The van der Waals surface area contributed by atoms with Crippen molar-refractivity contribution in [1.29, 1.82) is 0 Å². The fourth-order valence-corrected chi connectivity index (χ4v) is 3.88. The standard InChI is InChI=1S/C22H33IO4/c1-16(21-20(13-14-23)26-22(3,4)27-21)7-6-8-17(2)25-15-18-9-11-19(24-5)12-10-18/h6-7,9-12,16-17,20-21H,8,13-15H2,1-5H3/b7-6-/t16?,17-,20?,21?/m0/s1. The van der Waals surface area contributed by atoms with Gasteiger partial charge in [0, 0.05) is 10.3 Å². The third-order valence-electron chi connectivity index (χ3n) is 4.73. The lowest BCUT2D eigenvalue weighted by atomic mass is 9.97. The first-order chi connectivity index (χ1) is 12.8. The van der Waals surface area contributed by atoms with E-state index in [-0.39, 0.29) is 18.3 Å². The van der Waals surface area contributed by atoms with Crippen LogP contribution in [0.15, 0.2) is 36.4 Å². The molecule has 0 saturated carbocycles. The zero-order chi connectivity index (χ0) is 19.9. The van der Waals surface area contributed by atoms with Gasteiger partial charge in [-0.15, -0.1) is 0 Å². The highest BCUT2D eigenvalue weighted by Gasteiger charge is 2.42. The Hall–Kier alpha value is -0.630. The first kappa shape index (κ1) is 22.7. The molecule has 4 atom stereocenters. The van der Waals surface area contributed by atoms with Gasteiger partial charge in [0.1, 0.15) is 5.75 Å². The lowest BCUT2D eigenvalue weighted by Gasteiger charge is -2.21. The Morgan fingerprint density at radius 3 is 2.52 bits per heavy atom. The molecule has 2 rings (SSSR count). The Labute approximate surface area is 177 Å². The molecule has 0 spiro atoms. The van der Waals surface area contributed by atoms with E-state index in [0.29, 0.717) is 12.5 Å². The quantitative estimate of drug-likeness (QED) is 0.247. The molecule has 1 heterocycles. The van der Waals surface area contributed by atoms with E-state index in [4.69, 9.17) is 18.9 Å². The van der Waals surface area contributed by atoms with Crippen molar-refractivity contribution in [2.75, 3.05) is 11.5 Å². The summed E-state index contributed by atoms with van der Waals surface area (Å²) in [6, 6.07) is 8.00. The summed E-state index contributed by atoms with van der Waals surface area (Å²) in [6.07, 6.45) is 6.80. The molecule has 0 radical (unpaired) electrons. The molecule has 1 aliphatic heterocycles. The minimum absolute atomic E-state index is 0.113. The minimum Gasteiger partial charge on any atom is -0.497 e. The van der Waals surface area contributed by atoms with Crippen LogP contribution in [0.3, 0.4) is 0 Å². The number of hydrogen-bond acceptors (Lipinski definition) is 4. The normalized spacial score (nSPS) is 24.2. The number of halogens is 1. The van der Waals surface area contributed by atoms with Crippen LogP contribution in [0, 0.1) is 5.92 Å². The smallest absolute Gasteiger partial charge is 0.163 e. The molecule has 5 heteroatoms. The highest BCUT2D eigenvalue weighted by atomic mass is 127. The Bertz CT molecular complexity index is 584. The van der Waals surface area contributed by atoms with Crippen molar-refractivity contribution < 1.29 is 18.9 Å². The predicted octanol–water partition coefficient (Wildman–Crippen LogP) is 5.53. The fourth-order valence-electron chi connectivity index (χ4n) is 3.26. The molecule has 1 aromatic carbocycles. The average molecular weight is 488 g/mol. The van der Waals surface area contributed by atoms with Crippen LogP contribution in [-0.2, 0) is 20.8 Å². The topological polar surface area (TPSA) is 36.9 Å². The molecule has 1 aliphatic rings. The van der Waals surface area contributed by atoms with Crippen LogP contribution in [0.25, 0.3) is 0 Å². The van der Waals surface area contributed by atoms with E-state index in [1.807, 2.05) is 38.1 Å². The highest BCUT2D eigenvalue weighted by Crippen LogP contribution is 2.34. The van der Waals surface area contributed by atoms with Crippen molar-refractivity contribution in [2.45, 2.75) is 71.2 Å². The van der Waals surface area contributed by atoms with Crippen LogP contribution >= 0.6 is 22.6 Å². The summed E-state index contributed by atoms with van der Waals surface area (Å²) in [7, 11) is 1.68. The van der Waals surface area contributed by atoms with Crippen molar-refractivity contribution in [3.8, 4) is 5.75 Å². The molecule has 27 heavy (non-hydrogen) atoms. The summed E-state index contributed by atoms with van der Waals surface area (Å²) < 4.78 is 24.4. The van der Waals surface area contributed by atoms with Crippen molar-refractivity contribution >= 4 is 22.6 Å². The third-order valence-corrected chi connectivity index (χ3v) is 5.36. The number of ether oxygens (including phenoxy) is 4. The third kappa shape index (κ3) is 7.37. The zero-order valence-electron chi connectivity index (χ0n) is 17.1. The molecular formula is C22H33IO4. The Morgan fingerprint density at radius 1 is 1.19 bits per heavy atom. The molecule has 0 N–H and O–H groups in total. The lowest BCUT2D eigenvalue weighted by molar-refractivity contribution is -0.148. The molecule has 0 aromatic heterocycles. The number of benzene rings is 1. The second kappa shape index (κ2) is 10.8. The Balaban J connectivity index is 1.77. The SMILES string of the molecule is COc1ccc(CO[C@@H](C)C/C=C\C(C)C2OC(C)(C)OC2CCI)cc1. The van der Waals surface area contributed by atoms with Crippen molar-refractivity contribution in [3.05, 3.63) is 42.0 Å². The predicted molar refractivity (Wildman–Crippen MR) is 117 cm³/mol. The van der Waals surface area contributed by atoms with Crippen LogP contribution in [0.5, 0.6) is 5.75 Å². The van der Waals surface area contributed by atoms with Crippen molar-refractivity contribution in [2.24, 2.45) is 5.92 Å². The van der Waals surface area contributed by atoms with Crippen molar-refractivity contribution in [3.63, 3.8) is 0 Å². The summed E-state index contributed by atoms with van der Waals surface area (Å²) in [5.74, 6) is 0.692. The van der Waals surface area contributed by atoms with E-state index in [1.165, 1.54) is 0 Å². The number of hydrogen-bond donors (Lipinski definition) is 0. The highest BCUT2D eigenvalue weighted by molar-refractivity contribution is 14.1. The van der Waals surface area contributed by atoms with Gasteiger partial charge in [-0.05, 0) is 51.3 Å². The molecule has 1 saturated heterocycles. The molecule has 152 valence electrons. The van der Waals surface area contributed by atoms with Crippen LogP contribution in [0.2, 0.25) is 0 Å². The van der Waals surface area contributed by atoms with E-state index < -0.39 is 5.79 Å². The molecule has 0 amide bonds. The van der Waals surface area contributed by atoms with Gasteiger partial charge in [0.05, 0.1) is 32.0 Å². The summed E-state index contributed by atoms with van der Waals surface area (Å²) in [5, 5.41) is 0. The number of rotatable bonds is 10. The van der Waals surface area contributed by atoms with Gasteiger partial charge in [-0.2, -0.15) is 0 Å². The number of methoxy groups -OCH3 is 1. The maximum absolute atomic E-state index is 6.14. The van der Waals surface area contributed by atoms with Gasteiger partial charge >= 0.3 is 0 Å². The largest absolute Gasteiger partial charge is 0.497 e. The van der Waals surface area contributed by atoms with E-state index in [2.05, 4.69) is 48.6 Å². The first-order valence-electron chi connectivity index (χ1n) is 9.67. The van der Waals surface area contributed by atoms with E-state index in [0.717, 1.165) is 28.6 Å². The molecule has 1 aromatic rings. The van der Waals surface area contributed by atoms with Gasteiger partial charge in [0.15, 0.2) is 5.79 Å². The summed E-state index contributed by atoms with van der Waals surface area (Å²) >= 11 is 2.40. The summed E-state index contributed by atoms with van der Waals surface area (Å²) in [4.78, 5) is 0. The van der Waals surface area contributed by atoms with Crippen LogP contribution < -0.4 is 4.74 Å². The van der Waals surface area contributed by atoms with Gasteiger partial charge < -0.3 is 18.9 Å². The maximum Gasteiger partial charge on any atom is 0.163 e. The Morgan fingerprint density at radius 2 is 1.89 bits per heavy atom. The minimum atomic E-state index is -0.488. The number of alkyl halides is 1. The maximum atomic E-state index is 6.14. The van der Waals surface area contributed by atoms with Gasteiger partial charge in [-0.3, -0.25) is 0 Å². The molecule has 3 unspecified atom stereocenters. The van der Waals surface area contributed by atoms with Crippen LogP contribution in [-0.4, -0.2) is 35.6 Å². The average Bonchev–Trinajstić information content (AvgIpc) is 2.95. The van der Waals surface area contributed by atoms with Crippen molar-refractivity contribution in [1.82, 2.24) is 0 Å². The lowest BCUT2D eigenvalue weighted by Crippen LogP contribution is -2.29. The summed E-state index contributed by atoms with van der Waals surface area (Å²) in [5.41, 5.74) is 1.15. The molecular weight excluding hydrogens is 455 g/mol. The fraction of sp³-hybridized carbons (Fsp3) is 0.636.